The van der Waals surface area contributed by atoms with Crippen LogP contribution in [0.5, 0.6) is 0 Å². The van der Waals surface area contributed by atoms with Crippen LogP contribution in [0.4, 0.5) is 8.78 Å². The Labute approximate surface area is 183 Å². The average molecular weight is 476 g/mol. The zero-order chi connectivity index (χ0) is 21.8. The van der Waals surface area contributed by atoms with Gasteiger partial charge in [-0.05, 0) is 61.1 Å². The first-order valence-corrected chi connectivity index (χ1v) is 10.5. The lowest BCUT2D eigenvalue weighted by Gasteiger charge is -2.23. The van der Waals surface area contributed by atoms with Crippen molar-refractivity contribution in [2.24, 2.45) is 0 Å². The van der Waals surface area contributed by atoms with Crippen molar-refractivity contribution in [2.75, 3.05) is 13.6 Å². The van der Waals surface area contributed by atoms with Gasteiger partial charge in [0.25, 0.3) is 0 Å². The van der Waals surface area contributed by atoms with E-state index in [1.807, 2.05) is 37.1 Å². The normalized spacial score (nSPS) is 11.3. The van der Waals surface area contributed by atoms with Crippen LogP contribution in [0, 0.1) is 25.5 Å². The molecule has 7 heteroatoms. The van der Waals surface area contributed by atoms with Crippen LogP contribution in [0.3, 0.4) is 0 Å². The zero-order valence-corrected chi connectivity index (χ0v) is 18.8. The highest BCUT2D eigenvalue weighted by molar-refractivity contribution is 9.10. The lowest BCUT2D eigenvalue weighted by Crippen LogP contribution is -2.29. The van der Waals surface area contributed by atoms with Gasteiger partial charge >= 0.3 is 0 Å². The van der Waals surface area contributed by atoms with Crippen LogP contribution >= 0.6 is 15.9 Å². The summed E-state index contributed by atoms with van der Waals surface area (Å²) in [6.07, 6.45) is 2.52. The molecule has 158 valence electrons. The second-order valence-electron chi connectivity index (χ2n) is 7.39. The molecule has 0 spiro atoms. The van der Waals surface area contributed by atoms with E-state index in [0.717, 1.165) is 18.7 Å². The van der Waals surface area contributed by atoms with E-state index in [9.17, 15) is 13.6 Å². The Hall–Kier alpha value is -2.38. The summed E-state index contributed by atoms with van der Waals surface area (Å²) in [7, 11) is 1.94. The van der Waals surface area contributed by atoms with Gasteiger partial charge < -0.3 is 9.47 Å². The number of rotatable bonds is 7. The van der Waals surface area contributed by atoms with Gasteiger partial charge in [-0.3, -0.25) is 9.78 Å². The van der Waals surface area contributed by atoms with Crippen molar-refractivity contribution < 1.29 is 8.78 Å². The molecule has 0 saturated carbocycles. The molecule has 0 bridgehead atoms. The minimum atomic E-state index is -0.599. The molecule has 0 unspecified atom stereocenters. The first-order valence-electron chi connectivity index (χ1n) is 9.69. The molecule has 1 aromatic carbocycles. The summed E-state index contributed by atoms with van der Waals surface area (Å²) in [5.74, 6) is -1.20. The van der Waals surface area contributed by atoms with Crippen LogP contribution < -0.4 is 5.43 Å². The standard InChI is InChI=1S/C23H24BrF2N3O/c1-15-18(13-28(3)12-10-17-7-4-5-11-27-17)23(30)22(24)16(2)29(15)14-19-20(25)8-6-9-21(19)26/h4-9,11H,10,12-14H2,1-3H3. The highest BCUT2D eigenvalue weighted by atomic mass is 79.9. The van der Waals surface area contributed by atoms with Gasteiger partial charge in [0.05, 0.1) is 11.0 Å². The summed E-state index contributed by atoms with van der Waals surface area (Å²) in [6.45, 7) is 4.76. The third-order valence-corrected chi connectivity index (χ3v) is 6.25. The molecule has 3 aromatic rings. The van der Waals surface area contributed by atoms with Crippen molar-refractivity contribution in [3.8, 4) is 0 Å². The Kier molecular flexibility index (Phi) is 7.15. The molecule has 0 atom stereocenters. The van der Waals surface area contributed by atoms with E-state index in [1.54, 1.807) is 17.7 Å². The smallest absolute Gasteiger partial charge is 0.200 e. The first-order chi connectivity index (χ1) is 14.3. The van der Waals surface area contributed by atoms with Crippen LogP contribution in [0.1, 0.15) is 28.2 Å². The SMILES string of the molecule is Cc1c(Br)c(=O)c(CN(C)CCc2ccccn2)c(C)n1Cc1c(F)cccc1F. The molecular weight excluding hydrogens is 452 g/mol. The molecule has 0 fully saturated rings. The van der Waals surface area contributed by atoms with E-state index in [0.29, 0.717) is 28.0 Å². The molecule has 30 heavy (non-hydrogen) atoms. The van der Waals surface area contributed by atoms with Crippen molar-refractivity contribution in [1.82, 2.24) is 14.5 Å². The van der Waals surface area contributed by atoms with E-state index < -0.39 is 11.6 Å². The van der Waals surface area contributed by atoms with E-state index in [1.165, 1.54) is 18.2 Å². The van der Waals surface area contributed by atoms with Crippen LogP contribution in [-0.4, -0.2) is 28.0 Å². The quantitative estimate of drug-likeness (QED) is 0.500. The molecule has 0 N–H and O–H groups in total. The fourth-order valence-corrected chi connectivity index (χ4v) is 3.91. The lowest BCUT2D eigenvalue weighted by molar-refractivity contribution is 0.326. The topological polar surface area (TPSA) is 38.1 Å². The third-order valence-electron chi connectivity index (χ3n) is 5.32. The summed E-state index contributed by atoms with van der Waals surface area (Å²) in [4.78, 5) is 19.3. The number of nitrogens with zero attached hydrogens (tertiary/aromatic N) is 3. The van der Waals surface area contributed by atoms with Crippen LogP contribution in [0.15, 0.2) is 51.9 Å². The monoisotopic (exact) mass is 475 g/mol. The molecule has 4 nitrogen and oxygen atoms in total. The van der Waals surface area contributed by atoms with Crippen LogP contribution in [0.25, 0.3) is 0 Å². The number of pyridine rings is 2. The average Bonchev–Trinajstić information content (AvgIpc) is 2.74. The Morgan fingerprint density at radius 3 is 2.37 bits per heavy atom. The maximum absolute atomic E-state index is 14.2. The zero-order valence-electron chi connectivity index (χ0n) is 17.3. The Bertz CT molecular complexity index is 1080. The van der Waals surface area contributed by atoms with Gasteiger partial charge in [-0.25, -0.2) is 8.78 Å². The molecule has 2 heterocycles. The number of likely N-dealkylation sites (N-methyl/N-ethyl adjacent to an activating group) is 1. The summed E-state index contributed by atoms with van der Waals surface area (Å²) in [5.41, 5.74) is 2.81. The van der Waals surface area contributed by atoms with Gasteiger partial charge in [-0.1, -0.05) is 12.1 Å². The van der Waals surface area contributed by atoms with E-state index in [2.05, 4.69) is 20.9 Å². The molecule has 0 aliphatic heterocycles. The number of hydrogen-bond donors (Lipinski definition) is 0. The molecule has 3 rings (SSSR count). The number of halogens is 3. The van der Waals surface area contributed by atoms with Gasteiger partial charge in [-0.15, -0.1) is 0 Å². The van der Waals surface area contributed by atoms with E-state index in [-0.39, 0.29) is 17.5 Å². The van der Waals surface area contributed by atoms with Gasteiger partial charge in [0.1, 0.15) is 11.6 Å². The van der Waals surface area contributed by atoms with Crippen molar-refractivity contribution >= 4 is 15.9 Å². The largest absolute Gasteiger partial charge is 0.343 e. The van der Waals surface area contributed by atoms with Gasteiger partial charge in [0.15, 0.2) is 0 Å². The summed E-state index contributed by atoms with van der Waals surface area (Å²) < 4.78 is 30.6. The summed E-state index contributed by atoms with van der Waals surface area (Å²) >= 11 is 3.38. The molecule has 2 aromatic heterocycles. The fraction of sp³-hybridized carbons (Fsp3) is 0.304. The molecule has 0 amide bonds. The molecule has 0 radical (unpaired) electrons. The number of benzene rings is 1. The molecule has 0 aliphatic carbocycles. The molecule has 0 saturated heterocycles. The summed E-state index contributed by atoms with van der Waals surface area (Å²) in [5, 5.41) is 0. The Morgan fingerprint density at radius 2 is 1.73 bits per heavy atom. The van der Waals surface area contributed by atoms with Crippen molar-refractivity contribution in [2.45, 2.75) is 33.4 Å². The summed E-state index contributed by atoms with van der Waals surface area (Å²) in [6, 6.07) is 9.62. The lowest BCUT2D eigenvalue weighted by atomic mass is 10.1. The predicted molar refractivity (Wildman–Crippen MR) is 118 cm³/mol. The van der Waals surface area contributed by atoms with Crippen LogP contribution in [0.2, 0.25) is 0 Å². The van der Waals surface area contributed by atoms with Gasteiger partial charge in [0, 0.05) is 53.9 Å². The predicted octanol–water partition coefficient (Wildman–Crippen LogP) is 4.62. The first kappa shape index (κ1) is 22.3. The number of aromatic nitrogens is 2. The Morgan fingerprint density at radius 1 is 1.03 bits per heavy atom. The Balaban J connectivity index is 1.89. The van der Waals surface area contributed by atoms with E-state index in [4.69, 9.17) is 0 Å². The highest BCUT2D eigenvalue weighted by Crippen LogP contribution is 2.21. The highest BCUT2D eigenvalue weighted by Gasteiger charge is 2.19. The maximum Gasteiger partial charge on any atom is 0.200 e. The minimum Gasteiger partial charge on any atom is -0.343 e. The third kappa shape index (κ3) is 4.84. The maximum atomic E-state index is 14.2. The molecule has 0 aliphatic rings. The van der Waals surface area contributed by atoms with Gasteiger partial charge in [0.2, 0.25) is 5.43 Å². The van der Waals surface area contributed by atoms with Crippen molar-refractivity contribution in [3.63, 3.8) is 0 Å². The fourth-order valence-electron chi connectivity index (χ4n) is 3.46. The van der Waals surface area contributed by atoms with Crippen molar-refractivity contribution in [1.29, 1.82) is 0 Å². The second-order valence-corrected chi connectivity index (χ2v) is 8.18. The minimum absolute atomic E-state index is 0.0136. The van der Waals surface area contributed by atoms with Crippen LogP contribution in [-0.2, 0) is 19.5 Å². The van der Waals surface area contributed by atoms with E-state index >= 15 is 0 Å². The molecular formula is C23H24BrF2N3O. The second kappa shape index (κ2) is 9.62. The van der Waals surface area contributed by atoms with Gasteiger partial charge in [-0.2, -0.15) is 0 Å². The number of hydrogen-bond acceptors (Lipinski definition) is 3. The van der Waals surface area contributed by atoms with Crippen molar-refractivity contribution in [3.05, 3.63) is 97.1 Å².